The van der Waals surface area contributed by atoms with Crippen molar-refractivity contribution in [2.75, 3.05) is 13.6 Å². The molecule has 1 unspecified atom stereocenters. The van der Waals surface area contributed by atoms with Gasteiger partial charge in [0, 0.05) is 19.0 Å². The van der Waals surface area contributed by atoms with E-state index >= 15 is 0 Å². The fourth-order valence-electron chi connectivity index (χ4n) is 1.37. The van der Waals surface area contributed by atoms with Crippen molar-refractivity contribution in [3.05, 3.63) is 35.6 Å². The summed E-state index contributed by atoms with van der Waals surface area (Å²) < 4.78 is 12.6. The van der Waals surface area contributed by atoms with Crippen molar-refractivity contribution in [2.24, 2.45) is 0 Å². The van der Waals surface area contributed by atoms with Crippen molar-refractivity contribution in [1.82, 2.24) is 10.6 Å². The van der Waals surface area contributed by atoms with Crippen LogP contribution in [0.4, 0.5) is 4.39 Å². The van der Waals surface area contributed by atoms with Gasteiger partial charge < -0.3 is 10.6 Å². The number of hydrogen-bond donors (Lipinski definition) is 2. The molecule has 3 nitrogen and oxygen atoms in total. The highest BCUT2D eigenvalue weighted by molar-refractivity contribution is 5.85. The van der Waals surface area contributed by atoms with Crippen LogP contribution < -0.4 is 10.6 Å². The first-order valence-corrected chi connectivity index (χ1v) is 5.80. The van der Waals surface area contributed by atoms with Crippen LogP contribution in [0.2, 0.25) is 0 Å². The molecular weight excluding hydrogens is 255 g/mol. The SMILES string of the molecule is CNC(C)CNC(=O)CCc1ccc(F)cc1.Cl. The van der Waals surface area contributed by atoms with Gasteiger partial charge >= 0.3 is 0 Å². The number of aryl methyl sites for hydroxylation is 1. The highest BCUT2D eigenvalue weighted by Crippen LogP contribution is 2.05. The molecule has 1 aromatic carbocycles. The average Bonchev–Trinajstić information content (AvgIpc) is 2.35. The molecule has 0 fully saturated rings. The van der Waals surface area contributed by atoms with E-state index in [9.17, 15) is 9.18 Å². The Labute approximate surface area is 114 Å². The van der Waals surface area contributed by atoms with E-state index in [1.165, 1.54) is 12.1 Å². The van der Waals surface area contributed by atoms with Gasteiger partial charge in [-0.15, -0.1) is 12.4 Å². The smallest absolute Gasteiger partial charge is 0.220 e. The Kier molecular flexibility index (Phi) is 8.33. The molecule has 5 heteroatoms. The summed E-state index contributed by atoms with van der Waals surface area (Å²) in [6.45, 7) is 2.62. The molecule has 0 aliphatic heterocycles. The lowest BCUT2D eigenvalue weighted by atomic mass is 10.1. The molecule has 2 N–H and O–H groups in total. The monoisotopic (exact) mass is 274 g/mol. The van der Waals surface area contributed by atoms with E-state index in [0.717, 1.165) is 5.56 Å². The lowest BCUT2D eigenvalue weighted by Gasteiger charge is -2.11. The summed E-state index contributed by atoms with van der Waals surface area (Å²) in [7, 11) is 1.86. The molecule has 1 atom stereocenters. The fourth-order valence-corrected chi connectivity index (χ4v) is 1.37. The van der Waals surface area contributed by atoms with E-state index in [0.29, 0.717) is 19.4 Å². The highest BCUT2D eigenvalue weighted by atomic mass is 35.5. The van der Waals surface area contributed by atoms with Gasteiger partial charge in [-0.05, 0) is 38.1 Å². The van der Waals surface area contributed by atoms with Gasteiger partial charge in [0.15, 0.2) is 0 Å². The quantitative estimate of drug-likeness (QED) is 0.832. The molecule has 1 amide bonds. The first-order chi connectivity index (χ1) is 8.11. The van der Waals surface area contributed by atoms with E-state index in [1.807, 2.05) is 14.0 Å². The van der Waals surface area contributed by atoms with Gasteiger partial charge in [-0.1, -0.05) is 12.1 Å². The van der Waals surface area contributed by atoms with Gasteiger partial charge in [-0.2, -0.15) is 0 Å². The van der Waals surface area contributed by atoms with Crippen LogP contribution >= 0.6 is 12.4 Å². The third-order valence-electron chi connectivity index (χ3n) is 2.65. The second-order valence-corrected chi connectivity index (χ2v) is 4.12. The molecule has 0 saturated carbocycles. The number of carbonyl (C=O) groups excluding carboxylic acids is 1. The lowest BCUT2D eigenvalue weighted by molar-refractivity contribution is -0.121. The van der Waals surface area contributed by atoms with Crippen LogP contribution in [0.25, 0.3) is 0 Å². The second-order valence-electron chi connectivity index (χ2n) is 4.12. The minimum absolute atomic E-state index is 0. The summed E-state index contributed by atoms with van der Waals surface area (Å²) in [5, 5.41) is 5.88. The van der Waals surface area contributed by atoms with Crippen molar-refractivity contribution >= 4 is 18.3 Å². The van der Waals surface area contributed by atoms with Gasteiger partial charge in [-0.3, -0.25) is 4.79 Å². The van der Waals surface area contributed by atoms with Crippen LogP contribution in [-0.2, 0) is 11.2 Å². The molecule has 1 rings (SSSR count). The molecule has 0 saturated heterocycles. The van der Waals surface area contributed by atoms with Crippen molar-refractivity contribution in [1.29, 1.82) is 0 Å². The Hall–Kier alpha value is -1.13. The van der Waals surface area contributed by atoms with E-state index in [2.05, 4.69) is 10.6 Å². The number of nitrogens with one attached hydrogen (secondary N) is 2. The molecule has 0 radical (unpaired) electrons. The molecule has 0 aliphatic carbocycles. The summed E-state index contributed by atoms with van der Waals surface area (Å²) in [6, 6.07) is 6.51. The zero-order valence-electron chi connectivity index (χ0n) is 10.7. The van der Waals surface area contributed by atoms with Gasteiger partial charge in [0.1, 0.15) is 5.82 Å². The summed E-state index contributed by atoms with van der Waals surface area (Å²) in [6.07, 6.45) is 1.07. The number of hydrogen-bond acceptors (Lipinski definition) is 2. The molecule has 0 heterocycles. The third-order valence-corrected chi connectivity index (χ3v) is 2.65. The topological polar surface area (TPSA) is 41.1 Å². The Morgan fingerprint density at radius 3 is 2.50 bits per heavy atom. The number of carbonyl (C=O) groups is 1. The summed E-state index contributed by atoms with van der Waals surface area (Å²) in [5.41, 5.74) is 0.975. The standard InChI is InChI=1S/C13H19FN2O.ClH/c1-10(15-2)9-16-13(17)8-5-11-3-6-12(14)7-4-11;/h3-4,6-7,10,15H,5,8-9H2,1-2H3,(H,16,17);1H. The highest BCUT2D eigenvalue weighted by Gasteiger charge is 2.04. The van der Waals surface area contributed by atoms with Crippen LogP contribution in [0.15, 0.2) is 24.3 Å². The number of amides is 1. The van der Waals surface area contributed by atoms with Crippen molar-refractivity contribution in [2.45, 2.75) is 25.8 Å². The maximum atomic E-state index is 12.6. The van der Waals surface area contributed by atoms with Crippen LogP contribution in [-0.4, -0.2) is 25.5 Å². The zero-order chi connectivity index (χ0) is 12.7. The Morgan fingerprint density at radius 1 is 1.33 bits per heavy atom. The molecule has 0 spiro atoms. The molecule has 0 bridgehead atoms. The lowest BCUT2D eigenvalue weighted by Crippen LogP contribution is -2.37. The minimum Gasteiger partial charge on any atom is -0.355 e. The molecule has 0 aromatic heterocycles. The number of likely N-dealkylation sites (N-methyl/N-ethyl adjacent to an activating group) is 1. The number of rotatable bonds is 6. The first kappa shape index (κ1) is 16.9. The molecule has 1 aromatic rings. The van der Waals surface area contributed by atoms with E-state index in [4.69, 9.17) is 0 Å². The van der Waals surface area contributed by atoms with Crippen LogP contribution in [0, 0.1) is 5.82 Å². The van der Waals surface area contributed by atoms with Crippen LogP contribution in [0.3, 0.4) is 0 Å². The maximum absolute atomic E-state index is 12.6. The van der Waals surface area contributed by atoms with Crippen LogP contribution in [0.1, 0.15) is 18.9 Å². The Morgan fingerprint density at radius 2 is 1.94 bits per heavy atom. The largest absolute Gasteiger partial charge is 0.355 e. The first-order valence-electron chi connectivity index (χ1n) is 5.80. The van der Waals surface area contributed by atoms with Crippen molar-refractivity contribution < 1.29 is 9.18 Å². The Bertz CT molecular complexity index is 357. The Balaban J connectivity index is 0.00000289. The summed E-state index contributed by atoms with van der Waals surface area (Å²) in [4.78, 5) is 11.5. The summed E-state index contributed by atoms with van der Waals surface area (Å²) >= 11 is 0. The predicted molar refractivity (Wildman–Crippen MR) is 73.5 cm³/mol. The van der Waals surface area contributed by atoms with E-state index in [-0.39, 0.29) is 30.2 Å². The normalized spacial score (nSPS) is 11.5. The van der Waals surface area contributed by atoms with Gasteiger partial charge in [0.25, 0.3) is 0 Å². The molecule has 0 aliphatic rings. The minimum atomic E-state index is -0.249. The predicted octanol–water partition coefficient (Wildman–Crippen LogP) is 1.90. The molecule has 18 heavy (non-hydrogen) atoms. The molecular formula is C13H20ClFN2O. The number of benzene rings is 1. The van der Waals surface area contributed by atoms with Gasteiger partial charge in [0.2, 0.25) is 5.91 Å². The van der Waals surface area contributed by atoms with Gasteiger partial charge in [0.05, 0.1) is 0 Å². The zero-order valence-corrected chi connectivity index (χ0v) is 11.5. The molecule has 102 valence electrons. The van der Waals surface area contributed by atoms with E-state index < -0.39 is 0 Å². The summed E-state index contributed by atoms with van der Waals surface area (Å²) in [5.74, 6) is -0.225. The second kappa shape index (κ2) is 8.89. The maximum Gasteiger partial charge on any atom is 0.220 e. The number of halogens is 2. The fraction of sp³-hybridized carbons (Fsp3) is 0.462. The average molecular weight is 275 g/mol. The van der Waals surface area contributed by atoms with Crippen LogP contribution in [0.5, 0.6) is 0 Å². The van der Waals surface area contributed by atoms with Crippen molar-refractivity contribution in [3.63, 3.8) is 0 Å². The van der Waals surface area contributed by atoms with E-state index in [1.54, 1.807) is 12.1 Å². The third kappa shape index (κ3) is 6.57. The van der Waals surface area contributed by atoms with Crippen molar-refractivity contribution in [3.8, 4) is 0 Å². The van der Waals surface area contributed by atoms with Gasteiger partial charge in [-0.25, -0.2) is 4.39 Å².